The molecule has 0 aliphatic heterocycles. The van der Waals surface area contributed by atoms with Gasteiger partial charge in [-0.15, -0.1) is 0 Å². The summed E-state index contributed by atoms with van der Waals surface area (Å²) in [6, 6.07) is 0. The van der Waals surface area contributed by atoms with Crippen LogP contribution in [0.25, 0.3) is 0 Å². The fourth-order valence-corrected chi connectivity index (χ4v) is 12.8. The minimum Gasteiger partial charge on any atom is -0.462 e. The van der Waals surface area contributed by atoms with Gasteiger partial charge in [0, 0.05) is 25.7 Å². The molecule has 0 fully saturated rings. The van der Waals surface area contributed by atoms with Crippen LogP contribution in [0.3, 0.4) is 0 Å². The number of carbonyl (C=O) groups is 4. The smallest absolute Gasteiger partial charge is 0.462 e. The number of unbranched alkanes of at least 4 members (excludes halogenated alkanes) is 40. The summed E-state index contributed by atoms with van der Waals surface area (Å²) in [6.45, 7) is 11.9. The quantitative estimate of drug-likeness (QED) is 0.0222. The number of carbonyl (C=O) groups excluding carboxylic acids is 4. The van der Waals surface area contributed by atoms with E-state index in [0.29, 0.717) is 25.7 Å². The second-order valence-electron chi connectivity index (χ2n) is 28.1. The maximum atomic E-state index is 13.1. The van der Waals surface area contributed by atoms with Crippen molar-refractivity contribution in [2.24, 2.45) is 17.8 Å². The molecule has 0 aliphatic rings. The van der Waals surface area contributed by atoms with Gasteiger partial charge in [0.2, 0.25) is 0 Å². The van der Waals surface area contributed by atoms with E-state index in [9.17, 15) is 43.2 Å². The molecule has 5 atom stereocenters. The van der Waals surface area contributed by atoms with Gasteiger partial charge >= 0.3 is 39.5 Å². The minimum absolute atomic E-state index is 0.105. The van der Waals surface area contributed by atoms with Gasteiger partial charge in [-0.3, -0.25) is 37.3 Å². The molecule has 552 valence electrons. The van der Waals surface area contributed by atoms with Crippen LogP contribution in [0, 0.1) is 17.8 Å². The Morgan fingerprint density at radius 1 is 0.290 bits per heavy atom. The van der Waals surface area contributed by atoms with E-state index in [0.717, 1.165) is 108 Å². The molecule has 19 heteroatoms. The molecule has 0 saturated carbocycles. The van der Waals surface area contributed by atoms with Gasteiger partial charge in [-0.2, -0.15) is 0 Å². The summed E-state index contributed by atoms with van der Waals surface area (Å²) in [5.74, 6) is 0.155. The van der Waals surface area contributed by atoms with E-state index < -0.39 is 97.5 Å². The number of aliphatic hydroxyl groups is 1. The molecule has 93 heavy (non-hydrogen) atoms. The van der Waals surface area contributed by atoms with Crippen LogP contribution in [-0.4, -0.2) is 96.7 Å². The van der Waals surface area contributed by atoms with Crippen LogP contribution < -0.4 is 0 Å². The third kappa shape index (κ3) is 68.4. The second kappa shape index (κ2) is 64.7. The van der Waals surface area contributed by atoms with Gasteiger partial charge in [-0.1, -0.05) is 325 Å². The monoisotopic (exact) mass is 1370 g/mol. The average Bonchev–Trinajstić information content (AvgIpc) is 2.79. The Labute approximate surface area is 568 Å². The van der Waals surface area contributed by atoms with E-state index in [1.807, 2.05) is 0 Å². The molecule has 0 bridgehead atoms. The van der Waals surface area contributed by atoms with Gasteiger partial charge in [0.05, 0.1) is 26.4 Å². The Morgan fingerprint density at radius 3 is 0.731 bits per heavy atom. The van der Waals surface area contributed by atoms with E-state index in [2.05, 4.69) is 48.5 Å². The third-order valence-electron chi connectivity index (χ3n) is 17.1. The number of ether oxygens (including phenoxy) is 4. The van der Waals surface area contributed by atoms with Crippen molar-refractivity contribution in [3.05, 3.63) is 0 Å². The topological polar surface area (TPSA) is 237 Å². The van der Waals surface area contributed by atoms with Crippen molar-refractivity contribution in [2.75, 3.05) is 39.6 Å². The minimum atomic E-state index is -4.96. The van der Waals surface area contributed by atoms with E-state index in [1.165, 1.54) is 186 Å². The highest BCUT2D eigenvalue weighted by molar-refractivity contribution is 7.47. The van der Waals surface area contributed by atoms with Crippen LogP contribution in [0.2, 0.25) is 0 Å². The van der Waals surface area contributed by atoms with Crippen molar-refractivity contribution in [3.63, 3.8) is 0 Å². The summed E-state index contributed by atoms with van der Waals surface area (Å²) in [5.41, 5.74) is 0. The average molecular weight is 1370 g/mol. The first-order chi connectivity index (χ1) is 44.7. The van der Waals surface area contributed by atoms with Gasteiger partial charge in [-0.25, -0.2) is 9.13 Å². The third-order valence-corrected chi connectivity index (χ3v) is 19.0. The summed E-state index contributed by atoms with van der Waals surface area (Å²) < 4.78 is 68.5. The number of phosphoric ester groups is 2. The van der Waals surface area contributed by atoms with Gasteiger partial charge < -0.3 is 33.8 Å². The summed E-state index contributed by atoms with van der Waals surface area (Å²) in [5, 5.41) is 10.6. The molecular weight excluding hydrogens is 1220 g/mol. The van der Waals surface area contributed by atoms with Crippen molar-refractivity contribution in [2.45, 2.75) is 394 Å². The number of phosphoric acid groups is 2. The first kappa shape index (κ1) is 91.1. The van der Waals surface area contributed by atoms with Crippen molar-refractivity contribution in [3.8, 4) is 0 Å². The molecule has 0 aliphatic carbocycles. The van der Waals surface area contributed by atoms with Crippen LogP contribution in [0.15, 0.2) is 0 Å². The van der Waals surface area contributed by atoms with Crippen LogP contribution in [0.4, 0.5) is 0 Å². The molecule has 0 radical (unpaired) electrons. The molecule has 17 nitrogen and oxygen atoms in total. The Bertz CT molecular complexity index is 1820. The highest BCUT2D eigenvalue weighted by Crippen LogP contribution is 2.45. The van der Waals surface area contributed by atoms with Crippen molar-refractivity contribution in [1.82, 2.24) is 0 Å². The van der Waals surface area contributed by atoms with Crippen LogP contribution in [0.1, 0.15) is 376 Å². The number of hydrogen-bond acceptors (Lipinski definition) is 15. The molecule has 0 rings (SSSR count). The predicted molar refractivity (Wildman–Crippen MR) is 377 cm³/mol. The molecule has 0 spiro atoms. The Hall–Kier alpha value is -1.94. The lowest BCUT2D eigenvalue weighted by atomic mass is 10.0. The molecular formula is C74H144O17P2. The number of hydrogen-bond donors (Lipinski definition) is 3. The SMILES string of the molecule is CCCCCCCCCCCCCCC(=O)OC[C@H](COP(=O)(O)OC[C@H](O)COP(=O)(O)OC[C@@H](COC(=O)CCCCCCCCCCCC(C)C)OC(=O)CCCCCCCCCCCCCCCCC(C)C)OC(=O)CCCCCCCCCCCC(C)C. The van der Waals surface area contributed by atoms with Gasteiger partial charge in [0.25, 0.3) is 0 Å². The highest BCUT2D eigenvalue weighted by Gasteiger charge is 2.30. The lowest BCUT2D eigenvalue weighted by Gasteiger charge is -2.21. The molecule has 0 aromatic rings. The Morgan fingerprint density at radius 2 is 0.495 bits per heavy atom. The molecule has 3 N–H and O–H groups in total. The fourth-order valence-electron chi connectivity index (χ4n) is 11.2. The summed E-state index contributed by atoms with van der Waals surface area (Å²) in [4.78, 5) is 72.7. The largest absolute Gasteiger partial charge is 0.472 e. The zero-order valence-electron chi connectivity index (χ0n) is 60.7. The van der Waals surface area contributed by atoms with Crippen LogP contribution in [-0.2, 0) is 65.4 Å². The first-order valence-electron chi connectivity index (χ1n) is 38.3. The van der Waals surface area contributed by atoms with E-state index in [4.69, 9.17) is 37.0 Å². The number of esters is 4. The molecule has 0 heterocycles. The van der Waals surface area contributed by atoms with Crippen molar-refractivity contribution in [1.29, 1.82) is 0 Å². The zero-order chi connectivity index (χ0) is 68.7. The van der Waals surface area contributed by atoms with Crippen molar-refractivity contribution < 1.29 is 80.2 Å². The molecule has 0 saturated heterocycles. The molecule has 2 unspecified atom stereocenters. The normalized spacial score (nSPS) is 14.1. The van der Waals surface area contributed by atoms with Gasteiger partial charge in [0.1, 0.15) is 19.3 Å². The molecule has 0 amide bonds. The maximum absolute atomic E-state index is 13.1. The van der Waals surface area contributed by atoms with Crippen molar-refractivity contribution >= 4 is 39.5 Å². The van der Waals surface area contributed by atoms with Gasteiger partial charge in [0.15, 0.2) is 12.2 Å². The fraction of sp³-hybridized carbons (Fsp3) is 0.946. The van der Waals surface area contributed by atoms with Gasteiger partial charge in [-0.05, 0) is 43.4 Å². The standard InChI is InChI=1S/C74H144O17P2/c1-8-9-10-11-12-13-14-20-27-34-41-48-55-71(76)84-61-70(91-74(79)58-51-44-37-30-23-26-33-40-47-54-67(6)7)64-89-93(82,83)87-60-68(75)59-86-92(80,81)88-63-69(62-85-72(77)56-49-42-35-29-22-25-32-39-46-53-66(4)5)90-73(78)57-50-43-36-28-21-18-16-15-17-19-24-31-38-45-52-65(2)3/h65-70,75H,8-64H2,1-7H3,(H,80,81)(H,82,83)/t68-,69-,70-/m1/s1. The Balaban J connectivity index is 5.25. The maximum Gasteiger partial charge on any atom is 0.472 e. The summed E-state index contributed by atoms with van der Waals surface area (Å²) in [6.07, 6.45) is 49.9. The van der Waals surface area contributed by atoms with Crippen LogP contribution >= 0.6 is 15.6 Å². The number of rotatable bonds is 72. The highest BCUT2D eigenvalue weighted by atomic mass is 31.2. The Kier molecular flexibility index (Phi) is 63.4. The molecule has 0 aromatic heterocycles. The predicted octanol–water partition coefficient (Wildman–Crippen LogP) is 21.4. The number of aliphatic hydroxyl groups excluding tert-OH is 1. The van der Waals surface area contributed by atoms with E-state index in [1.54, 1.807) is 0 Å². The molecule has 0 aromatic carbocycles. The second-order valence-corrected chi connectivity index (χ2v) is 31.0. The summed E-state index contributed by atoms with van der Waals surface area (Å²) in [7, 11) is -9.91. The van der Waals surface area contributed by atoms with E-state index >= 15 is 0 Å². The summed E-state index contributed by atoms with van der Waals surface area (Å²) >= 11 is 0. The van der Waals surface area contributed by atoms with Crippen LogP contribution in [0.5, 0.6) is 0 Å². The lowest BCUT2D eigenvalue weighted by Crippen LogP contribution is -2.30. The lowest BCUT2D eigenvalue weighted by molar-refractivity contribution is -0.161. The van der Waals surface area contributed by atoms with E-state index in [-0.39, 0.29) is 25.7 Å². The zero-order valence-corrected chi connectivity index (χ0v) is 62.5. The first-order valence-corrected chi connectivity index (χ1v) is 41.3.